The van der Waals surface area contributed by atoms with Gasteiger partial charge in [0.05, 0.1) is 0 Å². The molecule has 0 radical (unpaired) electrons. The van der Waals surface area contributed by atoms with Crippen LogP contribution in [0.4, 0.5) is 0 Å². The molecule has 0 bridgehead atoms. The van der Waals surface area contributed by atoms with Crippen LogP contribution in [0.5, 0.6) is 0 Å². The fourth-order valence-corrected chi connectivity index (χ4v) is 2.25. The maximum atomic E-state index is 11.4. The zero-order valence-electron chi connectivity index (χ0n) is 11.6. The summed E-state index contributed by atoms with van der Waals surface area (Å²) in [6, 6.07) is 16.8. The topological polar surface area (TPSA) is 57.5 Å². The van der Waals surface area contributed by atoms with E-state index in [0.29, 0.717) is 5.56 Å². The van der Waals surface area contributed by atoms with Gasteiger partial charge in [0, 0.05) is 0 Å². The molecule has 0 aliphatic heterocycles. The van der Waals surface area contributed by atoms with Crippen LogP contribution in [-0.4, -0.2) is 16.2 Å². The van der Waals surface area contributed by atoms with Gasteiger partial charge in [0.15, 0.2) is 5.60 Å². The molecule has 0 saturated carbocycles. The maximum Gasteiger partial charge on any atom is 0.340 e. The second-order valence-electron chi connectivity index (χ2n) is 5.17. The van der Waals surface area contributed by atoms with E-state index in [1.807, 2.05) is 42.5 Å². The van der Waals surface area contributed by atoms with Crippen LogP contribution in [0, 0.1) is 5.92 Å². The van der Waals surface area contributed by atoms with Crippen molar-refractivity contribution in [1.29, 1.82) is 0 Å². The first-order chi connectivity index (χ1) is 9.46. The fraction of sp³-hybridized carbons (Fsp3) is 0.235. The highest BCUT2D eigenvalue weighted by Gasteiger charge is 2.41. The van der Waals surface area contributed by atoms with E-state index in [0.717, 1.165) is 11.1 Å². The van der Waals surface area contributed by atoms with Crippen molar-refractivity contribution in [3.63, 3.8) is 0 Å². The van der Waals surface area contributed by atoms with Crippen molar-refractivity contribution in [3.05, 3.63) is 60.2 Å². The Morgan fingerprint density at radius 3 is 1.90 bits per heavy atom. The van der Waals surface area contributed by atoms with Crippen molar-refractivity contribution in [1.82, 2.24) is 0 Å². The molecular weight excluding hydrogens is 252 g/mol. The number of hydrogen-bond acceptors (Lipinski definition) is 2. The van der Waals surface area contributed by atoms with Gasteiger partial charge in [-0.25, -0.2) is 4.79 Å². The highest BCUT2D eigenvalue weighted by Crippen LogP contribution is 2.31. The summed E-state index contributed by atoms with van der Waals surface area (Å²) in [6.07, 6.45) is 0. The molecule has 2 N–H and O–H groups in total. The van der Waals surface area contributed by atoms with E-state index in [-0.39, 0.29) is 0 Å². The van der Waals surface area contributed by atoms with Crippen molar-refractivity contribution < 1.29 is 15.0 Å². The molecule has 2 rings (SSSR count). The Morgan fingerprint density at radius 1 is 0.950 bits per heavy atom. The number of benzene rings is 2. The Morgan fingerprint density at radius 2 is 1.45 bits per heavy atom. The van der Waals surface area contributed by atoms with Crippen molar-refractivity contribution in [2.45, 2.75) is 19.4 Å². The molecule has 1 unspecified atom stereocenters. The predicted octanol–water partition coefficient (Wildman–Crippen LogP) is 3.28. The highest BCUT2D eigenvalue weighted by molar-refractivity contribution is 5.80. The van der Waals surface area contributed by atoms with Crippen molar-refractivity contribution >= 4 is 5.97 Å². The fourth-order valence-electron chi connectivity index (χ4n) is 2.25. The molecule has 104 valence electrons. The van der Waals surface area contributed by atoms with Crippen LogP contribution in [-0.2, 0) is 10.4 Å². The molecule has 0 amide bonds. The number of carboxylic acids is 1. The Labute approximate surface area is 118 Å². The van der Waals surface area contributed by atoms with Gasteiger partial charge in [-0.2, -0.15) is 0 Å². The van der Waals surface area contributed by atoms with Gasteiger partial charge in [-0.05, 0) is 22.6 Å². The molecule has 0 aromatic heterocycles. The van der Waals surface area contributed by atoms with Gasteiger partial charge >= 0.3 is 5.97 Å². The monoisotopic (exact) mass is 270 g/mol. The Kier molecular flexibility index (Phi) is 3.91. The number of aliphatic carboxylic acids is 1. The van der Waals surface area contributed by atoms with E-state index < -0.39 is 17.5 Å². The van der Waals surface area contributed by atoms with Gasteiger partial charge < -0.3 is 10.2 Å². The smallest absolute Gasteiger partial charge is 0.340 e. The lowest BCUT2D eigenvalue weighted by Gasteiger charge is -2.28. The minimum Gasteiger partial charge on any atom is -0.479 e. The largest absolute Gasteiger partial charge is 0.479 e. The molecule has 0 fully saturated rings. The van der Waals surface area contributed by atoms with Gasteiger partial charge in [0.2, 0.25) is 0 Å². The molecule has 0 spiro atoms. The normalized spacial score (nSPS) is 14.0. The van der Waals surface area contributed by atoms with E-state index in [1.54, 1.807) is 26.0 Å². The molecule has 0 saturated heterocycles. The Balaban J connectivity index is 2.40. The van der Waals surface area contributed by atoms with Gasteiger partial charge in [-0.15, -0.1) is 0 Å². The Bertz CT molecular complexity index is 587. The maximum absolute atomic E-state index is 11.4. The molecule has 2 aromatic rings. The third-order valence-corrected chi connectivity index (χ3v) is 3.59. The highest BCUT2D eigenvalue weighted by atomic mass is 16.4. The lowest BCUT2D eigenvalue weighted by Crippen LogP contribution is -2.40. The standard InChI is InChI=1S/C17H18O3/c1-12(2)17(20,16(18)19)15-10-8-14(9-11-15)13-6-4-3-5-7-13/h3-12,20H,1-2H3,(H,18,19). The van der Waals surface area contributed by atoms with E-state index in [1.165, 1.54) is 0 Å². The first-order valence-electron chi connectivity index (χ1n) is 6.58. The summed E-state index contributed by atoms with van der Waals surface area (Å²) >= 11 is 0. The quantitative estimate of drug-likeness (QED) is 0.896. The van der Waals surface area contributed by atoms with Crippen LogP contribution in [0.15, 0.2) is 54.6 Å². The summed E-state index contributed by atoms with van der Waals surface area (Å²) < 4.78 is 0. The molecule has 0 heterocycles. The number of carboxylic acid groups (broad SMARTS) is 1. The molecule has 3 nitrogen and oxygen atoms in total. The van der Waals surface area contributed by atoms with Crippen LogP contribution in [0.1, 0.15) is 19.4 Å². The number of carbonyl (C=O) groups is 1. The molecular formula is C17H18O3. The van der Waals surface area contributed by atoms with Crippen LogP contribution >= 0.6 is 0 Å². The predicted molar refractivity (Wildman–Crippen MR) is 78.2 cm³/mol. The third-order valence-electron chi connectivity index (χ3n) is 3.59. The number of hydrogen-bond donors (Lipinski definition) is 2. The van der Waals surface area contributed by atoms with E-state index >= 15 is 0 Å². The third kappa shape index (κ3) is 2.45. The van der Waals surface area contributed by atoms with Gasteiger partial charge in [0.1, 0.15) is 0 Å². The van der Waals surface area contributed by atoms with E-state index in [2.05, 4.69) is 0 Å². The zero-order valence-corrected chi connectivity index (χ0v) is 11.6. The Hall–Kier alpha value is -2.13. The lowest BCUT2D eigenvalue weighted by molar-refractivity contribution is -0.165. The molecule has 0 aliphatic carbocycles. The SMILES string of the molecule is CC(C)C(O)(C(=O)O)c1ccc(-c2ccccc2)cc1. The second-order valence-corrected chi connectivity index (χ2v) is 5.17. The second kappa shape index (κ2) is 5.47. The van der Waals surface area contributed by atoms with Gasteiger partial charge in [-0.1, -0.05) is 68.4 Å². The van der Waals surface area contributed by atoms with Crippen LogP contribution in [0.25, 0.3) is 11.1 Å². The lowest BCUT2D eigenvalue weighted by atomic mass is 9.83. The zero-order chi connectivity index (χ0) is 14.8. The first-order valence-corrected chi connectivity index (χ1v) is 6.58. The number of rotatable bonds is 4. The minimum atomic E-state index is -1.85. The minimum absolute atomic E-state index is 0.402. The number of aliphatic hydroxyl groups is 1. The molecule has 1 atom stereocenters. The molecule has 20 heavy (non-hydrogen) atoms. The molecule has 3 heteroatoms. The van der Waals surface area contributed by atoms with Crippen molar-refractivity contribution in [2.75, 3.05) is 0 Å². The van der Waals surface area contributed by atoms with Crippen molar-refractivity contribution in [2.24, 2.45) is 5.92 Å². The van der Waals surface area contributed by atoms with Crippen LogP contribution < -0.4 is 0 Å². The van der Waals surface area contributed by atoms with Crippen LogP contribution in [0.3, 0.4) is 0 Å². The molecule has 2 aromatic carbocycles. The summed E-state index contributed by atoms with van der Waals surface area (Å²) in [7, 11) is 0. The summed E-state index contributed by atoms with van der Waals surface area (Å²) in [5.41, 5.74) is 0.600. The van der Waals surface area contributed by atoms with Crippen molar-refractivity contribution in [3.8, 4) is 11.1 Å². The molecule has 0 aliphatic rings. The summed E-state index contributed by atoms with van der Waals surface area (Å²) in [5.74, 6) is -1.64. The van der Waals surface area contributed by atoms with E-state index in [4.69, 9.17) is 0 Å². The van der Waals surface area contributed by atoms with E-state index in [9.17, 15) is 15.0 Å². The summed E-state index contributed by atoms with van der Waals surface area (Å²) in [4.78, 5) is 11.4. The summed E-state index contributed by atoms with van der Waals surface area (Å²) in [5, 5.41) is 19.7. The van der Waals surface area contributed by atoms with Crippen LogP contribution in [0.2, 0.25) is 0 Å². The average Bonchev–Trinajstić information content (AvgIpc) is 2.47. The van der Waals surface area contributed by atoms with Gasteiger partial charge in [-0.3, -0.25) is 0 Å². The summed E-state index contributed by atoms with van der Waals surface area (Å²) in [6.45, 7) is 3.39. The van der Waals surface area contributed by atoms with Gasteiger partial charge in [0.25, 0.3) is 0 Å². The average molecular weight is 270 g/mol. The first kappa shape index (κ1) is 14.3.